The summed E-state index contributed by atoms with van der Waals surface area (Å²) in [5, 5.41) is 5.37. The van der Waals surface area contributed by atoms with Crippen molar-refractivity contribution in [2.45, 2.75) is 91.0 Å². The van der Waals surface area contributed by atoms with Gasteiger partial charge < -0.3 is 29.9 Å². The van der Waals surface area contributed by atoms with Gasteiger partial charge in [0.05, 0.1) is 12.3 Å². The molecule has 11 nitrogen and oxygen atoms in total. The molecule has 1 aromatic carbocycles. The number of hydrogen-bond donors (Lipinski definition) is 2. The highest BCUT2D eigenvalue weighted by atomic mass is 16.6. The number of rotatable bonds is 10. The molecule has 0 aromatic heterocycles. The molecule has 232 valence electrons. The summed E-state index contributed by atoms with van der Waals surface area (Å²) in [6, 6.07) is 9.24. The van der Waals surface area contributed by atoms with Gasteiger partial charge in [-0.3, -0.25) is 19.2 Å². The molecule has 2 fully saturated rings. The Morgan fingerprint density at radius 3 is 2.29 bits per heavy atom. The molecule has 4 amide bonds. The molecule has 1 aromatic rings. The molecule has 0 unspecified atom stereocenters. The molecule has 2 aliphatic heterocycles. The monoisotopic (exact) mass is 586 g/mol. The number of hydrogen-bond acceptors (Lipinski definition) is 7. The largest absolute Gasteiger partial charge is 0.461 e. The summed E-state index contributed by atoms with van der Waals surface area (Å²) in [5.41, 5.74) is 0.312. The quantitative estimate of drug-likeness (QED) is 0.317. The molecule has 0 bridgehead atoms. The Labute approximate surface area is 248 Å². The first-order chi connectivity index (χ1) is 19.9. The van der Waals surface area contributed by atoms with Gasteiger partial charge in [0.25, 0.3) is 0 Å². The van der Waals surface area contributed by atoms with Crippen molar-refractivity contribution in [3.63, 3.8) is 0 Å². The van der Waals surface area contributed by atoms with Gasteiger partial charge >= 0.3 is 12.1 Å². The van der Waals surface area contributed by atoms with Crippen LogP contribution in [0, 0.1) is 11.8 Å². The van der Waals surface area contributed by atoms with Gasteiger partial charge in [0.1, 0.15) is 18.4 Å². The van der Waals surface area contributed by atoms with Crippen LogP contribution in [0.25, 0.3) is 0 Å². The number of amides is 4. The van der Waals surface area contributed by atoms with E-state index >= 15 is 0 Å². The molecule has 0 saturated carbocycles. The molecule has 0 aliphatic carbocycles. The fourth-order valence-corrected chi connectivity index (χ4v) is 5.27. The maximum absolute atomic E-state index is 13.1. The SMILES string of the molecule is CC(=O)N[C@H](CC(=O)OCc1ccccc1)NC(=O)[C@@H]1CCCN(C(=O)CCC2CCN(C(=O)OC(C)(C)C)CC2)C1. The molecule has 2 atom stereocenters. The van der Waals surface area contributed by atoms with Crippen LogP contribution >= 0.6 is 0 Å². The molecular formula is C31H46N4O7. The van der Waals surface area contributed by atoms with E-state index in [1.165, 1.54) is 6.92 Å². The smallest absolute Gasteiger partial charge is 0.410 e. The summed E-state index contributed by atoms with van der Waals surface area (Å²) in [6.07, 6.45) is 2.70. The number of piperidine rings is 2. The molecule has 2 aliphatic rings. The number of likely N-dealkylation sites (tertiary alicyclic amines) is 2. The number of nitrogens with zero attached hydrogens (tertiary/aromatic N) is 2. The minimum atomic E-state index is -0.907. The van der Waals surface area contributed by atoms with Gasteiger partial charge in [-0.1, -0.05) is 30.3 Å². The predicted molar refractivity (Wildman–Crippen MR) is 156 cm³/mol. The summed E-state index contributed by atoms with van der Waals surface area (Å²) >= 11 is 0. The number of ether oxygens (including phenoxy) is 2. The highest BCUT2D eigenvalue weighted by molar-refractivity contribution is 5.83. The lowest BCUT2D eigenvalue weighted by Gasteiger charge is -2.35. The lowest BCUT2D eigenvalue weighted by Crippen LogP contribution is -2.53. The molecule has 2 saturated heterocycles. The number of carbonyl (C=O) groups is 5. The van der Waals surface area contributed by atoms with Crippen LogP contribution in [0.15, 0.2) is 30.3 Å². The second-order valence-electron chi connectivity index (χ2n) is 12.2. The predicted octanol–water partition coefficient (Wildman–Crippen LogP) is 3.36. The van der Waals surface area contributed by atoms with Crippen LogP contribution in [0.2, 0.25) is 0 Å². The summed E-state index contributed by atoms with van der Waals surface area (Å²) in [4.78, 5) is 66.0. The van der Waals surface area contributed by atoms with Crippen molar-refractivity contribution in [1.82, 2.24) is 20.4 Å². The Kier molecular flexibility index (Phi) is 12.2. The van der Waals surface area contributed by atoms with Crippen LogP contribution in [-0.2, 0) is 35.3 Å². The molecule has 0 spiro atoms. The standard InChI is InChI=1S/C31H46N4O7/c1-22(36)32-26(19-28(38)41-21-24-9-6-5-7-10-24)33-29(39)25-11-8-16-35(20-25)27(37)13-12-23-14-17-34(18-15-23)30(40)42-31(2,3)4/h5-7,9-10,23,25-26H,8,11-21H2,1-4H3,(H,32,36)(H,33,39)/t25-,26+/m1/s1. The van der Waals surface area contributed by atoms with Crippen LogP contribution in [0.1, 0.15) is 78.2 Å². The third-order valence-corrected chi connectivity index (χ3v) is 7.48. The molecule has 11 heteroatoms. The maximum atomic E-state index is 13.1. The number of carbonyl (C=O) groups excluding carboxylic acids is 5. The summed E-state index contributed by atoms with van der Waals surface area (Å²) in [5.74, 6) is -1.29. The zero-order valence-electron chi connectivity index (χ0n) is 25.4. The first-order valence-electron chi connectivity index (χ1n) is 14.9. The Morgan fingerprint density at radius 2 is 1.64 bits per heavy atom. The van der Waals surface area contributed by atoms with Crippen molar-refractivity contribution in [3.8, 4) is 0 Å². The van der Waals surface area contributed by atoms with Crippen LogP contribution in [0.3, 0.4) is 0 Å². The molecule has 3 rings (SSSR count). The number of nitrogens with one attached hydrogen (secondary N) is 2. The van der Waals surface area contributed by atoms with Crippen molar-refractivity contribution in [2.75, 3.05) is 26.2 Å². The lowest BCUT2D eigenvalue weighted by atomic mass is 9.91. The van der Waals surface area contributed by atoms with E-state index in [-0.39, 0.29) is 36.8 Å². The van der Waals surface area contributed by atoms with Crippen molar-refractivity contribution in [2.24, 2.45) is 11.8 Å². The minimum absolute atomic E-state index is 0.0185. The molecule has 42 heavy (non-hydrogen) atoms. The number of benzene rings is 1. The molecule has 0 radical (unpaired) electrons. The fraction of sp³-hybridized carbons (Fsp3) is 0.645. The third kappa shape index (κ3) is 11.3. The van der Waals surface area contributed by atoms with Gasteiger partial charge in [-0.25, -0.2) is 4.79 Å². The highest BCUT2D eigenvalue weighted by Crippen LogP contribution is 2.25. The average molecular weight is 587 g/mol. The molecular weight excluding hydrogens is 540 g/mol. The Balaban J connectivity index is 1.42. The highest BCUT2D eigenvalue weighted by Gasteiger charge is 2.31. The van der Waals surface area contributed by atoms with E-state index in [2.05, 4.69) is 10.6 Å². The third-order valence-electron chi connectivity index (χ3n) is 7.48. The first kappa shape index (κ1) is 32.9. The summed E-state index contributed by atoms with van der Waals surface area (Å²) in [6.45, 7) is 9.11. The Bertz CT molecular complexity index is 1080. The van der Waals surface area contributed by atoms with E-state index < -0.39 is 23.7 Å². The Hall–Kier alpha value is -3.63. The van der Waals surface area contributed by atoms with Crippen molar-refractivity contribution < 1.29 is 33.4 Å². The van der Waals surface area contributed by atoms with Gasteiger partial charge in [0.2, 0.25) is 17.7 Å². The summed E-state index contributed by atoms with van der Waals surface area (Å²) in [7, 11) is 0. The lowest BCUT2D eigenvalue weighted by molar-refractivity contribution is -0.146. The van der Waals surface area contributed by atoms with Gasteiger partial charge in [-0.2, -0.15) is 0 Å². The van der Waals surface area contributed by atoms with E-state index in [1.807, 2.05) is 51.1 Å². The van der Waals surface area contributed by atoms with E-state index in [1.54, 1.807) is 9.80 Å². The normalized spacial score (nSPS) is 18.5. The van der Waals surface area contributed by atoms with Crippen LogP contribution < -0.4 is 10.6 Å². The molecule has 2 N–H and O–H groups in total. The van der Waals surface area contributed by atoms with Gasteiger partial charge in [-0.15, -0.1) is 0 Å². The first-order valence-corrected chi connectivity index (χ1v) is 14.9. The van der Waals surface area contributed by atoms with Gasteiger partial charge in [-0.05, 0) is 64.4 Å². The maximum Gasteiger partial charge on any atom is 0.410 e. The zero-order valence-corrected chi connectivity index (χ0v) is 25.4. The topological polar surface area (TPSA) is 134 Å². The van der Waals surface area contributed by atoms with Crippen molar-refractivity contribution in [1.29, 1.82) is 0 Å². The number of esters is 1. The van der Waals surface area contributed by atoms with E-state index in [4.69, 9.17) is 9.47 Å². The second kappa shape index (κ2) is 15.6. The van der Waals surface area contributed by atoms with E-state index in [0.29, 0.717) is 51.4 Å². The molecule has 2 heterocycles. The van der Waals surface area contributed by atoms with Crippen molar-refractivity contribution >= 4 is 29.8 Å². The van der Waals surface area contributed by atoms with Gasteiger partial charge in [0.15, 0.2) is 0 Å². The second-order valence-corrected chi connectivity index (χ2v) is 12.2. The van der Waals surface area contributed by atoms with E-state index in [0.717, 1.165) is 24.8 Å². The van der Waals surface area contributed by atoms with Gasteiger partial charge in [0, 0.05) is 39.5 Å². The van der Waals surface area contributed by atoms with Crippen LogP contribution in [0.5, 0.6) is 0 Å². The van der Waals surface area contributed by atoms with Crippen LogP contribution in [-0.4, -0.2) is 77.5 Å². The Morgan fingerprint density at radius 1 is 0.952 bits per heavy atom. The van der Waals surface area contributed by atoms with Crippen molar-refractivity contribution in [3.05, 3.63) is 35.9 Å². The average Bonchev–Trinajstić information content (AvgIpc) is 2.94. The zero-order chi connectivity index (χ0) is 30.7. The summed E-state index contributed by atoms with van der Waals surface area (Å²) < 4.78 is 10.8. The minimum Gasteiger partial charge on any atom is -0.461 e. The fourth-order valence-electron chi connectivity index (χ4n) is 5.27. The van der Waals surface area contributed by atoms with Crippen LogP contribution in [0.4, 0.5) is 4.79 Å². The van der Waals surface area contributed by atoms with E-state index in [9.17, 15) is 24.0 Å².